The molecule has 0 unspecified atom stereocenters. The number of anilines is 1. The molecule has 0 fully saturated rings. The van der Waals surface area contributed by atoms with Gasteiger partial charge < -0.3 is 9.73 Å². The molecule has 0 bridgehead atoms. The summed E-state index contributed by atoms with van der Waals surface area (Å²) in [4.78, 5) is 4.12. The van der Waals surface area contributed by atoms with Crippen molar-refractivity contribution in [3.05, 3.63) is 60.1 Å². The second-order valence-electron chi connectivity index (χ2n) is 4.30. The lowest BCUT2D eigenvalue weighted by Gasteiger charge is -2.07. The minimum atomic E-state index is 0.740. The summed E-state index contributed by atoms with van der Waals surface area (Å²) in [6.07, 6.45) is 5.45. The van der Waals surface area contributed by atoms with Gasteiger partial charge in [-0.2, -0.15) is 0 Å². The minimum absolute atomic E-state index is 0.740. The summed E-state index contributed by atoms with van der Waals surface area (Å²) in [6, 6.07) is 10.1. The molecule has 0 aliphatic carbocycles. The molecule has 1 N–H and O–H groups in total. The maximum Gasteiger partial charge on any atom is 0.134 e. The molecule has 0 spiro atoms. The largest absolute Gasteiger partial charge is 0.464 e. The Morgan fingerprint density at radius 3 is 3.00 bits per heavy atom. The van der Waals surface area contributed by atoms with Gasteiger partial charge in [0.15, 0.2) is 0 Å². The van der Waals surface area contributed by atoms with Crippen LogP contribution in [0.15, 0.2) is 53.4 Å². The summed E-state index contributed by atoms with van der Waals surface area (Å²) in [7, 11) is 0. The van der Waals surface area contributed by atoms with Crippen LogP contribution in [0.4, 0.5) is 5.69 Å². The number of aromatic nitrogens is 1. The average molecular weight is 238 g/mol. The predicted molar refractivity (Wildman–Crippen MR) is 72.5 cm³/mol. The van der Waals surface area contributed by atoms with Crippen LogP contribution >= 0.6 is 0 Å². The normalized spacial score (nSPS) is 10.7. The van der Waals surface area contributed by atoms with Crippen molar-refractivity contribution < 1.29 is 4.42 Å². The van der Waals surface area contributed by atoms with Crippen LogP contribution in [0.1, 0.15) is 11.1 Å². The Balaban J connectivity index is 1.83. The van der Waals surface area contributed by atoms with Crippen molar-refractivity contribution in [1.82, 2.24) is 4.98 Å². The zero-order chi connectivity index (χ0) is 12.4. The summed E-state index contributed by atoms with van der Waals surface area (Å²) in [5.41, 5.74) is 4.34. The van der Waals surface area contributed by atoms with Gasteiger partial charge in [0.2, 0.25) is 0 Å². The maximum absolute atomic E-state index is 5.51. The van der Waals surface area contributed by atoms with E-state index >= 15 is 0 Å². The second-order valence-corrected chi connectivity index (χ2v) is 4.30. The monoisotopic (exact) mass is 238 g/mol. The van der Waals surface area contributed by atoms with Gasteiger partial charge in [-0.15, -0.1) is 0 Å². The van der Waals surface area contributed by atoms with E-state index in [-0.39, 0.29) is 0 Å². The van der Waals surface area contributed by atoms with Gasteiger partial charge in [0, 0.05) is 23.7 Å². The molecular formula is C15H14N2O. The van der Waals surface area contributed by atoms with Crippen LogP contribution in [0.2, 0.25) is 0 Å². The van der Waals surface area contributed by atoms with Crippen LogP contribution in [0, 0.1) is 6.92 Å². The molecule has 1 aromatic carbocycles. The zero-order valence-corrected chi connectivity index (χ0v) is 10.2. The lowest BCUT2D eigenvalue weighted by Crippen LogP contribution is -2.00. The quantitative estimate of drug-likeness (QED) is 0.755. The number of para-hydroxylation sites is 1. The van der Waals surface area contributed by atoms with Crippen molar-refractivity contribution in [1.29, 1.82) is 0 Å². The number of furan rings is 1. The van der Waals surface area contributed by atoms with Crippen molar-refractivity contribution >= 4 is 16.7 Å². The standard InChI is InChI=1S/C15H14N2O/c1-11-6-7-16-9-14(11)17-8-12-10-18-15-5-3-2-4-13(12)15/h2-7,9-10,17H,8H2,1H3. The molecule has 0 atom stereocenters. The lowest BCUT2D eigenvalue weighted by molar-refractivity contribution is 0.611. The number of fused-ring (bicyclic) bond motifs is 1. The van der Waals surface area contributed by atoms with Gasteiger partial charge >= 0.3 is 0 Å². The molecule has 0 radical (unpaired) electrons. The maximum atomic E-state index is 5.51. The van der Waals surface area contributed by atoms with Crippen LogP contribution in [0.25, 0.3) is 11.0 Å². The molecule has 0 amide bonds. The Hall–Kier alpha value is -2.29. The molecule has 90 valence electrons. The first-order valence-corrected chi connectivity index (χ1v) is 5.94. The van der Waals surface area contributed by atoms with Crippen LogP contribution in [0.5, 0.6) is 0 Å². The molecule has 0 saturated carbocycles. The first-order chi connectivity index (χ1) is 8.84. The Bertz CT molecular complexity index is 673. The predicted octanol–water partition coefficient (Wildman–Crippen LogP) is 3.75. The summed E-state index contributed by atoms with van der Waals surface area (Å²) in [6.45, 7) is 2.81. The van der Waals surface area contributed by atoms with Gasteiger partial charge in [-0.1, -0.05) is 18.2 Å². The molecule has 0 aliphatic rings. The van der Waals surface area contributed by atoms with Crippen LogP contribution in [-0.4, -0.2) is 4.98 Å². The Labute approximate surface area is 105 Å². The summed E-state index contributed by atoms with van der Waals surface area (Å²) < 4.78 is 5.51. The molecule has 2 heterocycles. The topological polar surface area (TPSA) is 38.1 Å². The number of aryl methyl sites for hydroxylation is 1. The number of benzene rings is 1. The smallest absolute Gasteiger partial charge is 0.134 e. The molecule has 0 aliphatic heterocycles. The van der Waals surface area contributed by atoms with E-state index in [9.17, 15) is 0 Å². The fourth-order valence-electron chi connectivity index (χ4n) is 2.01. The SMILES string of the molecule is Cc1ccncc1NCc1coc2ccccc12. The fraction of sp³-hybridized carbons (Fsp3) is 0.133. The molecule has 3 heteroatoms. The van der Waals surface area contributed by atoms with Gasteiger partial charge in [-0.25, -0.2) is 0 Å². The number of hydrogen-bond acceptors (Lipinski definition) is 3. The van der Waals surface area contributed by atoms with E-state index in [0.29, 0.717) is 0 Å². The van der Waals surface area contributed by atoms with Crippen LogP contribution < -0.4 is 5.32 Å². The molecule has 3 nitrogen and oxygen atoms in total. The van der Waals surface area contributed by atoms with Gasteiger partial charge in [0.1, 0.15) is 5.58 Å². The third-order valence-electron chi connectivity index (χ3n) is 3.07. The van der Waals surface area contributed by atoms with Crippen molar-refractivity contribution in [2.75, 3.05) is 5.32 Å². The van der Waals surface area contributed by atoms with E-state index in [2.05, 4.69) is 23.3 Å². The highest BCUT2D eigenvalue weighted by Gasteiger charge is 2.05. The van der Waals surface area contributed by atoms with Crippen LogP contribution in [-0.2, 0) is 6.54 Å². The fourth-order valence-corrected chi connectivity index (χ4v) is 2.01. The molecule has 3 rings (SSSR count). The average Bonchev–Trinajstić information content (AvgIpc) is 2.81. The third kappa shape index (κ3) is 1.95. The highest BCUT2D eigenvalue weighted by atomic mass is 16.3. The second kappa shape index (κ2) is 4.53. The molecule has 18 heavy (non-hydrogen) atoms. The molecule has 0 saturated heterocycles. The Kier molecular flexibility index (Phi) is 2.73. The molecule has 3 aromatic rings. The number of hydrogen-bond donors (Lipinski definition) is 1. The van der Waals surface area contributed by atoms with Crippen molar-refractivity contribution in [2.24, 2.45) is 0 Å². The van der Waals surface area contributed by atoms with Gasteiger partial charge in [0.05, 0.1) is 18.1 Å². The number of pyridine rings is 1. The summed E-state index contributed by atoms with van der Waals surface area (Å²) in [5, 5.41) is 4.54. The van der Waals surface area contributed by atoms with Gasteiger partial charge in [-0.05, 0) is 24.6 Å². The Morgan fingerprint density at radius 1 is 1.22 bits per heavy atom. The first-order valence-electron chi connectivity index (χ1n) is 5.94. The van der Waals surface area contributed by atoms with E-state index < -0.39 is 0 Å². The molecular weight excluding hydrogens is 224 g/mol. The van der Waals surface area contributed by atoms with E-state index in [1.54, 1.807) is 6.20 Å². The van der Waals surface area contributed by atoms with Crippen molar-refractivity contribution in [3.63, 3.8) is 0 Å². The van der Waals surface area contributed by atoms with E-state index in [1.165, 1.54) is 5.56 Å². The summed E-state index contributed by atoms with van der Waals surface area (Å²) >= 11 is 0. The first kappa shape index (κ1) is 10.8. The van der Waals surface area contributed by atoms with E-state index in [1.807, 2.05) is 36.7 Å². The molecule has 2 aromatic heterocycles. The number of nitrogens with zero attached hydrogens (tertiary/aromatic N) is 1. The lowest BCUT2D eigenvalue weighted by atomic mass is 10.1. The van der Waals surface area contributed by atoms with Gasteiger partial charge in [0.25, 0.3) is 0 Å². The summed E-state index contributed by atoms with van der Waals surface area (Å²) in [5.74, 6) is 0. The zero-order valence-electron chi connectivity index (χ0n) is 10.2. The Morgan fingerprint density at radius 2 is 2.11 bits per heavy atom. The highest BCUT2D eigenvalue weighted by Crippen LogP contribution is 2.22. The van der Waals surface area contributed by atoms with E-state index in [4.69, 9.17) is 4.42 Å². The highest BCUT2D eigenvalue weighted by molar-refractivity contribution is 5.81. The third-order valence-corrected chi connectivity index (χ3v) is 3.07. The number of rotatable bonds is 3. The van der Waals surface area contributed by atoms with Gasteiger partial charge in [-0.3, -0.25) is 4.98 Å². The van der Waals surface area contributed by atoms with E-state index in [0.717, 1.165) is 28.8 Å². The van der Waals surface area contributed by atoms with Crippen LogP contribution in [0.3, 0.4) is 0 Å². The minimum Gasteiger partial charge on any atom is -0.464 e. The van der Waals surface area contributed by atoms with Crippen molar-refractivity contribution in [3.8, 4) is 0 Å². The van der Waals surface area contributed by atoms with Crippen molar-refractivity contribution in [2.45, 2.75) is 13.5 Å². The number of nitrogens with one attached hydrogen (secondary N) is 1.